The Labute approximate surface area is 138 Å². The Morgan fingerprint density at radius 2 is 1.87 bits per heavy atom. The number of benzene rings is 1. The van der Waals surface area contributed by atoms with Crippen molar-refractivity contribution in [3.8, 4) is 0 Å². The lowest BCUT2D eigenvalue weighted by molar-refractivity contribution is -0.130. The maximum Gasteiger partial charge on any atom is 0.363 e. The maximum atomic E-state index is 12.1. The number of aryl methyl sites for hydroxylation is 1. The van der Waals surface area contributed by atoms with Crippen LogP contribution in [0.2, 0.25) is 0 Å². The fraction of sp³-hybridized carbons (Fsp3) is 0.500. The van der Waals surface area contributed by atoms with Crippen molar-refractivity contribution in [2.24, 2.45) is 16.8 Å². The van der Waals surface area contributed by atoms with Gasteiger partial charge in [0.25, 0.3) is 0 Å². The molecule has 3 rings (SSSR count). The van der Waals surface area contributed by atoms with Gasteiger partial charge in [0.05, 0.1) is 0 Å². The summed E-state index contributed by atoms with van der Waals surface area (Å²) in [6.45, 7) is 4.29. The summed E-state index contributed by atoms with van der Waals surface area (Å²) in [5.41, 5.74) is 2.62. The first kappa shape index (κ1) is 16.0. The Hall–Kier alpha value is -1.90. The van der Waals surface area contributed by atoms with E-state index in [-0.39, 0.29) is 5.97 Å². The van der Waals surface area contributed by atoms with Gasteiger partial charge in [-0.25, -0.2) is 9.79 Å². The number of cyclic esters (lactones) is 1. The first-order valence-electron chi connectivity index (χ1n) is 8.75. The van der Waals surface area contributed by atoms with Crippen molar-refractivity contribution < 1.29 is 9.53 Å². The molecule has 0 atom stereocenters. The average molecular weight is 311 g/mol. The SMILES string of the molecule is CCCC1CCC(C2=NC(=Cc3ccc(C)cc3)C(=O)O2)CC1. The van der Waals surface area contributed by atoms with E-state index in [2.05, 4.69) is 11.9 Å². The zero-order valence-corrected chi connectivity index (χ0v) is 14.0. The molecule has 0 aromatic heterocycles. The Bertz CT molecular complexity index is 620. The van der Waals surface area contributed by atoms with Crippen molar-refractivity contribution in [3.63, 3.8) is 0 Å². The summed E-state index contributed by atoms with van der Waals surface area (Å²) in [5.74, 6) is 1.49. The molecule has 0 saturated heterocycles. The van der Waals surface area contributed by atoms with Gasteiger partial charge in [-0.2, -0.15) is 0 Å². The van der Waals surface area contributed by atoms with Crippen molar-refractivity contribution in [1.29, 1.82) is 0 Å². The molecule has 2 aliphatic rings. The van der Waals surface area contributed by atoms with Crippen LogP contribution in [0, 0.1) is 18.8 Å². The molecule has 23 heavy (non-hydrogen) atoms. The second kappa shape index (κ2) is 7.12. The highest BCUT2D eigenvalue weighted by Crippen LogP contribution is 2.34. The largest absolute Gasteiger partial charge is 0.406 e. The van der Waals surface area contributed by atoms with E-state index >= 15 is 0 Å². The van der Waals surface area contributed by atoms with Gasteiger partial charge in [0, 0.05) is 5.92 Å². The van der Waals surface area contributed by atoms with Crippen LogP contribution in [-0.4, -0.2) is 11.9 Å². The van der Waals surface area contributed by atoms with Gasteiger partial charge in [-0.15, -0.1) is 0 Å². The number of rotatable bonds is 4. The monoisotopic (exact) mass is 311 g/mol. The lowest BCUT2D eigenvalue weighted by Gasteiger charge is -2.27. The van der Waals surface area contributed by atoms with E-state index in [1.54, 1.807) is 0 Å². The highest BCUT2D eigenvalue weighted by Gasteiger charge is 2.32. The third-order valence-electron chi connectivity index (χ3n) is 4.91. The van der Waals surface area contributed by atoms with Crippen LogP contribution in [0.15, 0.2) is 35.0 Å². The molecule has 0 unspecified atom stereocenters. The molecular weight excluding hydrogens is 286 g/mol. The van der Waals surface area contributed by atoms with Gasteiger partial charge in [0.2, 0.25) is 5.90 Å². The summed E-state index contributed by atoms with van der Waals surface area (Å²) in [6.07, 6.45) is 9.03. The molecular formula is C20H25NO2. The molecule has 1 aromatic rings. The van der Waals surface area contributed by atoms with Crippen LogP contribution in [0.4, 0.5) is 0 Å². The Morgan fingerprint density at radius 1 is 1.17 bits per heavy atom. The standard InChI is InChI=1S/C20H25NO2/c1-3-4-15-9-11-17(12-10-15)19-21-18(20(22)23-19)13-16-7-5-14(2)6-8-16/h5-8,13,15,17H,3-4,9-12H2,1-2H3. The van der Waals surface area contributed by atoms with Crippen molar-refractivity contribution in [2.75, 3.05) is 0 Å². The van der Waals surface area contributed by atoms with Gasteiger partial charge in [-0.05, 0) is 50.2 Å². The van der Waals surface area contributed by atoms with E-state index in [1.165, 1.54) is 31.2 Å². The summed E-state index contributed by atoms with van der Waals surface area (Å²) in [7, 11) is 0. The first-order chi connectivity index (χ1) is 11.2. The number of nitrogens with zero attached hydrogens (tertiary/aromatic N) is 1. The highest BCUT2D eigenvalue weighted by atomic mass is 16.6. The predicted octanol–water partition coefficient (Wildman–Crippen LogP) is 4.90. The molecule has 1 saturated carbocycles. The fourth-order valence-corrected chi connectivity index (χ4v) is 3.53. The number of carbonyl (C=O) groups excluding carboxylic acids is 1. The summed E-state index contributed by atoms with van der Waals surface area (Å²) in [4.78, 5) is 16.5. The number of hydrogen-bond donors (Lipinski definition) is 0. The maximum absolute atomic E-state index is 12.1. The van der Waals surface area contributed by atoms with Crippen LogP contribution >= 0.6 is 0 Å². The van der Waals surface area contributed by atoms with Crippen molar-refractivity contribution in [2.45, 2.75) is 52.4 Å². The molecule has 0 radical (unpaired) electrons. The molecule has 122 valence electrons. The van der Waals surface area contributed by atoms with Crippen LogP contribution in [0.5, 0.6) is 0 Å². The minimum absolute atomic E-state index is 0.309. The molecule has 3 heteroatoms. The van der Waals surface area contributed by atoms with Gasteiger partial charge in [-0.1, -0.05) is 49.6 Å². The number of esters is 1. The van der Waals surface area contributed by atoms with Gasteiger partial charge in [0.15, 0.2) is 5.70 Å². The van der Waals surface area contributed by atoms with E-state index in [0.717, 1.165) is 24.3 Å². The van der Waals surface area contributed by atoms with Gasteiger partial charge in [0.1, 0.15) is 0 Å². The number of ether oxygens (including phenoxy) is 1. The lowest BCUT2D eigenvalue weighted by atomic mass is 9.80. The van der Waals surface area contributed by atoms with Crippen LogP contribution in [-0.2, 0) is 9.53 Å². The molecule has 3 nitrogen and oxygen atoms in total. The highest BCUT2D eigenvalue weighted by molar-refractivity contribution is 6.07. The molecule has 1 heterocycles. The summed E-state index contributed by atoms with van der Waals surface area (Å²) in [6, 6.07) is 8.07. The molecule has 0 spiro atoms. The molecule has 1 fully saturated rings. The summed E-state index contributed by atoms with van der Waals surface area (Å²) >= 11 is 0. The third-order valence-corrected chi connectivity index (χ3v) is 4.91. The molecule has 1 aromatic carbocycles. The van der Waals surface area contributed by atoms with Crippen molar-refractivity contribution >= 4 is 17.9 Å². The van der Waals surface area contributed by atoms with E-state index in [1.807, 2.05) is 37.3 Å². The topological polar surface area (TPSA) is 38.7 Å². The Balaban J connectivity index is 1.68. The second-order valence-electron chi connectivity index (χ2n) is 6.79. The Kier molecular flexibility index (Phi) is 4.94. The smallest absolute Gasteiger partial charge is 0.363 e. The quantitative estimate of drug-likeness (QED) is 0.586. The van der Waals surface area contributed by atoms with Crippen LogP contribution in [0.25, 0.3) is 6.08 Å². The van der Waals surface area contributed by atoms with E-state index in [0.29, 0.717) is 17.5 Å². The van der Waals surface area contributed by atoms with E-state index in [4.69, 9.17) is 4.74 Å². The number of carbonyl (C=O) groups is 1. The molecule has 0 N–H and O–H groups in total. The zero-order chi connectivity index (χ0) is 16.2. The predicted molar refractivity (Wildman–Crippen MR) is 93.0 cm³/mol. The first-order valence-corrected chi connectivity index (χ1v) is 8.75. The minimum atomic E-state index is -0.309. The van der Waals surface area contributed by atoms with Crippen molar-refractivity contribution in [3.05, 3.63) is 41.1 Å². The third kappa shape index (κ3) is 3.90. The van der Waals surface area contributed by atoms with Gasteiger partial charge in [-0.3, -0.25) is 0 Å². The zero-order valence-electron chi connectivity index (χ0n) is 14.0. The Morgan fingerprint density at radius 3 is 2.52 bits per heavy atom. The second-order valence-corrected chi connectivity index (χ2v) is 6.79. The van der Waals surface area contributed by atoms with E-state index in [9.17, 15) is 4.79 Å². The molecule has 0 amide bonds. The van der Waals surface area contributed by atoms with Gasteiger partial charge < -0.3 is 4.74 Å². The van der Waals surface area contributed by atoms with Crippen molar-refractivity contribution in [1.82, 2.24) is 0 Å². The summed E-state index contributed by atoms with van der Waals surface area (Å²) in [5, 5.41) is 0. The van der Waals surface area contributed by atoms with Crippen LogP contribution in [0.1, 0.15) is 56.6 Å². The van der Waals surface area contributed by atoms with Crippen LogP contribution < -0.4 is 0 Å². The van der Waals surface area contributed by atoms with E-state index < -0.39 is 0 Å². The fourth-order valence-electron chi connectivity index (χ4n) is 3.53. The minimum Gasteiger partial charge on any atom is -0.406 e. The summed E-state index contributed by atoms with van der Waals surface area (Å²) < 4.78 is 5.45. The normalized spacial score (nSPS) is 26.3. The lowest BCUT2D eigenvalue weighted by Crippen LogP contribution is -2.22. The molecule has 1 aliphatic heterocycles. The molecule has 0 bridgehead atoms. The molecule has 1 aliphatic carbocycles. The average Bonchev–Trinajstić information content (AvgIpc) is 2.92. The van der Waals surface area contributed by atoms with Crippen LogP contribution in [0.3, 0.4) is 0 Å². The van der Waals surface area contributed by atoms with Gasteiger partial charge >= 0.3 is 5.97 Å². The number of aliphatic imine (C=N–C) groups is 1. The number of hydrogen-bond acceptors (Lipinski definition) is 3.